The van der Waals surface area contributed by atoms with Crippen LogP contribution in [0.2, 0.25) is 0 Å². The van der Waals surface area contributed by atoms with E-state index in [-0.39, 0.29) is 5.56 Å². The van der Waals surface area contributed by atoms with Gasteiger partial charge in [-0.15, -0.1) is 0 Å². The fraction of sp³-hybridized carbons (Fsp3) is 0.200. The van der Waals surface area contributed by atoms with Gasteiger partial charge in [-0.1, -0.05) is 50.2 Å². The maximum atomic E-state index is 11.5. The number of ether oxygens (including phenoxy) is 1. The van der Waals surface area contributed by atoms with Gasteiger partial charge in [0.2, 0.25) is 6.10 Å². The number of carboxylic acids is 3. The molecule has 0 bridgehead atoms. The van der Waals surface area contributed by atoms with Crippen LogP contribution in [0.15, 0.2) is 60.7 Å². The Labute approximate surface area is 162 Å². The molecule has 8 heteroatoms. The van der Waals surface area contributed by atoms with E-state index in [1.165, 1.54) is 12.1 Å². The Morgan fingerprint density at radius 3 is 1.54 bits per heavy atom. The van der Waals surface area contributed by atoms with E-state index in [0.717, 1.165) is 0 Å². The Morgan fingerprint density at radius 2 is 1.21 bits per heavy atom. The largest absolute Gasteiger partial charge is 0.481 e. The van der Waals surface area contributed by atoms with Crippen molar-refractivity contribution in [1.82, 2.24) is 0 Å². The summed E-state index contributed by atoms with van der Waals surface area (Å²) in [4.78, 5) is 42.7. The smallest absolute Gasteiger partial charge is 0.345 e. The minimum absolute atomic E-state index is 0.170. The zero-order valence-corrected chi connectivity index (χ0v) is 15.4. The van der Waals surface area contributed by atoms with Crippen LogP contribution in [0.3, 0.4) is 0 Å². The monoisotopic (exact) mass is 390 g/mol. The van der Waals surface area contributed by atoms with Crippen molar-refractivity contribution in [3.63, 3.8) is 0 Å². The van der Waals surface area contributed by atoms with Gasteiger partial charge in [-0.25, -0.2) is 14.4 Å². The number of hydrogen-bond acceptors (Lipinski definition) is 5. The molecule has 150 valence electrons. The van der Waals surface area contributed by atoms with Crippen molar-refractivity contribution in [2.45, 2.75) is 26.4 Å². The van der Waals surface area contributed by atoms with Gasteiger partial charge >= 0.3 is 23.9 Å². The first-order valence-corrected chi connectivity index (χ1v) is 8.30. The highest BCUT2D eigenvalue weighted by Gasteiger charge is 2.25. The third-order valence-electron chi connectivity index (χ3n) is 2.91. The van der Waals surface area contributed by atoms with E-state index in [1.54, 1.807) is 48.5 Å². The lowest BCUT2D eigenvalue weighted by molar-refractivity contribution is -0.153. The molecule has 0 aliphatic carbocycles. The summed E-state index contributed by atoms with van der Waals surface area (Å²) in [5.74, 6) is -4.58. The molecular weight excluding hydrogens is 368 g/mol. The summed E-state index contributed by atoms with van der Waals surface area (Å²) in [6, 6.07) is 16.0. The molecule has 0 spiro atoms. The average molecular weight is 390 g/mol. The van der Waals surface area contributed by atoms with Crippen LogP contribution in [-0.2, 0) is 14.3 Å². The predicted octanol–water partition coefficient (Wildman–Crippen LogP) is 3.18. The van der Waals surface area contributed by atoms with E-state index < -0.39 is 36.4 Å². The maximum absolute atomic E-state index is 11.5. The van der Waals surface area contributed by atoms with Gasteiger partial charge in [0, 0.05) is 0 Å². The standard InChI is InChI=1S/C11H10O6.C7H6O2.C2H6/c12-9(13)6-8(10(14)15)17-11(16)7-4-2-1-3-5-7;8-7(9)6-4-2-1-3-5-6;1-2/h1-5,8H,6H2,(H,12,13)(H,14,15);1-5H,(H,8,9);1-2H3. The first-order valence-electron chi connectivity index (χ1n) is 8.30. The van der Waals surface area contributed by atoms with E-state index in [2.05, 4.69) is 4.74 Å². The summed E-state index contributed by atoms with van der Waals surface area (Å²) in [5, 5.41) is 25.5. The van der Waals surface area contributed by atoms with Crippen LogP contribution in [0.5, 0.6) is 0 Å². The molecule has 0 amide bonds. The molecule has 8 nitrogen and oxygen atoms in total. The Bertz CT molecular complexity index is 756. The number of hydrogen-bond donors (Lipinski definition) is 3. The van der Waals surface area contributed by atoms with Gasteiger partial charge in [0.25, 0.3) is 0 Å². The third kappa shape index (κ3) is 9.71. The number of aromatic carboxylic acids is 1. The van der Waals surface area contributed by atoms with E-state index in [1.807, 2.05) is 13.8 Å². The molecule has 0 heterocycles. The number of aliphatic carboxylic acids is 2. The molecule has 0 aliphatic heterocycles. The lowest BCUT2D eigenvalue weighted by Crippen LogP contribution is -2.29. The molecule has 2 aromatic carbocycles. The molecule has 2 rings (SSSR count). The summed E-state index contributed by atoms with van der Waals surface area (Å²) < 4.78 is 4.59. The van der Waals surface area contributed by atoms with Crippen molar-refractivity contribution in [2.75, 3.05) is 0 Å². The molecule has 2 aromatic rings. The van der Waals surface area contributed by atoms with E-state index in [4.69, 9.17) is 15.3 Å². The van der Waals surface area contributed by atoms with Crippen molar-refractivity contribution in [1.29, 1.82) is 0 Å². The van der Waals surface area contributed by atoms with Gasteiger partial charge in [0.05, 0.1) is 17.5 Å². The molecule has 1 unspecified atom stereocenters. The molecular formula is C20H22O8. The summed E-state index contributed by atoms with van der Waals surface area (Å²) in [7, 11) is 0. The Morgan fingerprint density at radius 1 is 0.786 bits per heavy atom. The molecule has 28 heavy (non-hydrogen) atoms. The fourth-order valence-corrected chi connectivity index (χ4v) is 1.69. The van der Waals surface area contributed by atoms with Crippen LogP contribution < -0.4 is 0 Å². The van der Waals surface area contributed by atoms with Gasteiger partial charge in [-0.3, -0.25) is 4.79 Å². The summed E-state index contributed by atoms with van der Waals surface area (Å²) in [6.45, 7) is 4.00. The lowest BCUT2D eigenvalue weighted by Gasteiger charge is -2.11. The van der Waals surface area contributed by atoms with Crippen LogP contribution in [-0.4, -0.2) is 45.3 Å². The molecule has 0 fully saturated rings. The van der Waals surface area contributed by atoms with Crippen molar-refractivity contribution in [3.8, 4) is 0 Å². The van der Waals surface area contributed by atoms with Crippen molar-refractivity contribution < 1.29 is 39.2 Å². The number of carbonyl (C=O) groups is 4. The zero-order chi connectivity index (χ0) is 21.5. The second-order valence-electron chi connectivity index (χ2n) is 4.87. The highest BCUT2D eigenvalue weighted by molar-refractivity contribution is 5.92. The summed E-state index contributed by atoms with van der Waals surface area (Å²) in [5.41, 5.74) is 0.502. The Hall–Kier alpha value is -3.68. The molecule has 0 saturated carbocycles. The number of esters is 1. The number of rotatable bonds is 6. The van der Waals surface area contributed by atoms with E-state index in [0.29, 0.717) is 5.56 Å². The number of benzene rings is 2. The van der Waals surface area contributed by atoms with Gasteiger partial charge in [0.15, 0.2) is 0 Å². The molecule has 0 aromatic heterocycles. The second kappa shape index (κ2) is 13.5. The highest BCUT2D eigenvalue weighted by atomic mass is 16.6. The minimum Gasteiger partial charge on any atom is -0.481 e. The fourth-order valence-electron chi connectivity index (χ4n) is 1.69. The zero-order valence-electron chi connectivity index (χ0n) is 15.4. The molecule has 0 radical (unpaired) electrons. The van der Waals surface area contributed by atoms with Crippen molar-refractivity contribution >= 4 is 23.9 Å². The SMILES string of the molecule is CC.O=C(O)CC(OC(=O)c1ccccc1)C(=O)O.O=C(O)c1ccccc1. The van der Waals surface area contributed by atoms with Gasteiger partial charge in [0.1, 0.15) is 0 Å². The summed E-state index contributed by atoms with van der Waals surface area (Å²) in [6.07, 6.45) is -2.45. The normalized spacial score (nSPS) is 10.1. The number of carbonyl (C=O) groups excluding carboxylic acids is 1. The Kier molecular flexibility index (Phi) is 11.7. The first kappa shape index (κ1) is 24.3. The van der Waals surface area contributed by atoms with E-state index in [9.17, 15) is 19.2 Å². The minimum atomic E-state index is -1.68. The highest BCUT2D eigenvalue weighted by Crippen LogP contribution is 2.06. The van der Waals surface area contributed by atoms with Crippen molar-refractivity contribution in [3.05, 3.63) is 71.8 Å². The quantitative estimate of drug-likeness (QED) is 0.639. The topological polar surface area (TPSA) is 138 Å². The van der Waals surface area contributed by atoms with Crippen LogP contribution in [0.4, 0.5) is 0 Å². The summed E-state index contributed by atoms with van der Waals surface area (Å²) >= 11 is 0. The lowest BCUT2D eigenvalue weighted by atomic mass is 10.2. The molecule has 1 atom stereocenters. The second-order valence-corrected chi connectivity index (χ2v) is 4.87. The molecule has 3 N–H and O–H groups in total. The van der Waals surface area contributed by atoms with Crippen LogP contribution >= 0.6 is 0 Å². The maximum Gasteiger partial charge on any atom is 0.345 e. The van der Waals surface area contributed by atoms with Crippen LogP contribution in [0, 0.1) is 0 Å². The van der Waals surface area contributed by atoms with E-state index >= 15 is 0 Å². The predicted molar refractivity (Wildman–Crippen MR) is 100 cm³/mol. The van der Waals surface area contributed by atoms with Crippen molar-refractivity contribution in [2.24, 2.45) is 0 Å². The van der Waals surface area contributed by atoms with Crippen LogP contribution in [0.25, 0.3) is 0 Å². The van der Waals surface area contributed by atoms with Gasteiger partial charge < -0.3 is 20.1 Å². The molecule has 0 aliphatic rings. The third-order valence-corrected chi connectivity index (χ3v) is 2.91. The first-order chi connectivity index (χ1) is 13.3. The molecule has 0 saturated heterocycles. The average Bonchev–Trinajstić information content (AvgIpc) is 2.70. The number of carboxylic acid groups (broad SMARTS) is 3. The van der Waals surface area contributed by atoms with Crippen LogP contribution in [0.1, 0.15) is 41.0 Å². The Balaban J connectivity index is 0.000000556. The van der Waals surface area contributed by atoms with Gasteiger partial charge in [-0.05, 0) is 24.3 Å². The van der Waals surface area contributed by atoms with Gasteiger partial charge in [-0.2, -0.15) is 0 Å².